The first kappa shape index (κ1) is 13.6. The van der Waals surface area contributed by atoms with Crippen molar-refractivity contribution in [3.05, 3.63) is 11.4 Å². The number of amides is 1. The number of aliphatic hydroxyl groups is 1. The molecule has 1 heterocycles. The Morgan fingerprint density at radius 1 is 1.59 bits per heavy atom. The standard InChI is InChI=1S/C10H18N4O3/c1-10(2,16)6-14-7(4-5-17-3)8(9(11)15)12-13-14/h16H,4-6H2,1-3H3,(H2,11,15). The molecule has 0 spiro atoms. The molecule has 0 fully saturated rings. The minimum Gasteiger partial charge on any atom is -0.389 e. The van der Waals surface area contributed by atoms with E-state index in [0.29, 0.717) is 18.7 Å². The fraction of sp³-hybridized carbons (Fsp3) is 0.700. The molecule has 0 saturated carbocycles. The third kappa shape index (κ3) is 3.79. The molecule has 7 heteroatoms. The van der Waals surface area contributed by atoms with Gasteiger partial charge in [-0.05, 0) is 13.8 Å². The second kappa shape index (κ2) is 5.24. The molecule has 96 valence electrons. The number of carbonyl (C=O) groups excluding carboxylic acids is 1. The molecule has 0 atom stereocenters. The van der Waals surface area contributed by atoms with Crippen LogP contribution in [-0.2, 0) is 17.7 Å². The summed E-state index contributed by atoms with van der Waals surface area (Å²) < 4.78 is 6.44. The molecular weight excluding hydrogens is 224 g/mol. The quantitative estimate of drug-likeness (QED) is 0.689. The van der Waals surface area contributed by atoms with Crippen molar-refractivity contribution in [3.8, 4) is 0 Å². The summed E-state index contributed by atoms with van der Waals surface area (Å²) in [6, 6.07) is 0. The first-order valence-corrected chi connectivity index (χ1v) is 5.28. The lowest BCUT2D eigenvalue weighted by Gasteiger charge is -2.18. The average Bonchev–Trinajstić information content (AvgIpc) is 2.55. The summed E-state index contributed by atoms with van der Waals surface area (Å²) in [5.41, 5.74) is 4.98. The first-order chi connectivity index (χ1) is 7.85. The van der Waals surface area contributed by atoms with Gasteiger partial charge in [-0.25, -0.2) is 4.68 Å². The van der Waals surface area contributed by atoms with Crippen molar-refractivity contribution >= 4 is 5.91 Å². The van der Waals surface area contributed by atoms with Crippen molar-refractivity contribution in [2.24, 2.45) is 5.73 Å². The smallest absolute Gasteiger partial charge is 0.271 e. The first-order valence-electron chi connectivity index (χ1n) is 5.28. The van der Waals surface area contributed by atoms with E-state index < -0.39 is 11.5 Å². The topological polar surface area (TPSA) is 103 Å². The van der Waals surface area contributed by atoms with Gasteiger partial charge in [0.15, 0.2) is 5.69 Å². The Kier molecular flexibility index (Phi) is 4.19. The van der Waals surface area contributed by atoms with Crippen LogP contribution in [0.3, 0.4) is 0 Å². The molecular formula is C10H18N4O3. The SMILES string of the molecule is COCCc1c(C(N)=O)nnn1CC(C)(C)O. The lowest BCUT2D eigenvalue weighted by Crippen LogP contribution is -2.28. The minimum absolute atomic E-state index is 0.131. The highest BCUT2D eigenvalue weighted by Gasteiger charge is 2.21. The van der Waals surface area contributed by atoms with Gasteiger partial charge in [-0.1, -0.05) is 5.21 Å². The fourth-order valence-electron chi connectivity index (χ4n) is 1.46. The number of ether oxygens (including phenoxy) is 1. The number of nitrogens with two attached hydrogens (primary N) is 1. The zero-order valence-corrected chi connectivity index (χ0v) is 10.3. The maximum absolute atomic E-state index is 11.2. The van der Waals surface area contributed by atoms with Crippen molar-refractivity contribution in [2.45, 2.75) is 32.4 Å². The van der Waals surface area contributed by atoms with Crippen LogP contribution in [0.4, 0.5) is 0 Å². The molecule has 0 saturated heterocycles. The normalized spacial score (nSPS) is 11.8. The molecule has 1 aromatic heterocycles. The van der Waals surface area contributed by atoms with Crippen LogP contribution >= 0.6 is 0 Å². The van der Waals surface area contributed by atoms with Crippen LogP contribution in [-0.4, -0.2) is 45.3 Å². The molecule has 0 aliphatic carbocycles. The largest absolute Gasteiger partial charge is 0.389 e. The third-order valence-corrected chi connectivity index (χ3v) is 2.15. The predicted octanol–water partition coefficient (Wildman–Crippen LogP) is -0.663. The lowest BCUT2D eigenvalue weighted by atomic mass is 10.1. The van der Waals surface area contributed by atoms with Gasteiger partial charge in [0, 0.05) is 13.5 Å². The van der Waals surface area contributed by atoms with E-state index in [9.17, 15) is 9.90 Å². The van der Waals surface area contributed by atoms with E-state index in [1.165, 1.54) is 4.68 Å². The minimum atomic E-state index is -0.940. The summed E-state index contributed by atoms with van der Waals surface area (Å²) in [6.45, 7) is 3.98. The molecule has 7 nitrogen and oxygen atoms in total. The molecule has 3 N–H and O–H groups in total. The van der Waals surface area contributed by atoms with E-state index in [1.807, 2.05) is 0 Å². The number of rotatable bonds is 6. The zero-order chi connectivity index (χ0) is 13.1. The van der Waals surface area contributed by atoms with E-state index in [-0.39, 0.29) is 12.2 Å². The maximum Gasteiger partial charge on any atom is 0.271 e. The third-order valence-electron chi connectivity index (χ3n) is 2.15. The highest BCUT2D eigenvalue weighted by Crippen LogP contribution is 2.11. The van der Waals surface area contributed by atoms with Crippen molar-refractivity contribution in [2.75, 3.05) is 13.7 Å². The van der Waals surface area contributed by atoms with Gasteiger partial charge in [-0.3, -0.25) is 4.79 Å². The number of methoxy groups -OCH3 is 1. The number of primary amides is 1. The van der Waals surface area contributed by atoms with Crippen LogP contribution in [0.5, 0.6) is 0 Å². The molecule has 1 rings (SSSR count). The molecule has 0 radical (unpaired) electrons. The van der Waals surface area contributed by atoms with Gasteiger partial charge >= 0.3 is 0 Å². The van der Waals surface area contributed by atoms with E-state index >= 15 is 0 Å². The summed E-state index contributed by atoms with van der Waals surface area (Å²) in [7, 11) is 1.56. The summed E-state index contributed by atoms with van der Waals surface area (Å²) >= 11 is 0. The van der Waals surface area contributed by atoms with Crippen molar-refractivity contribution in [1.82, 2.24) is 15.0 Å². The monoisotopic (exact) mass is 242 g/mol. The highest BCUT2D eigenvalue weighted by atomic mass is 16.5. The number of aromatic nitrogens is 3. The maximum atomic E-state index is 11.2. The zero-order valence-electron chi connectivity index (χ0n) is 10.3. The predicted molar refractivity (Wildman–Crippen MR) is 60.4 cm³/mol. The van der Waals surface area contributed by atoms with Crippen LogP contribution < -0.4 is 5.73 Å². The Morgan fingerprint density at radius 3 is 2.71 bits per heavy atom. The molecule has 0 aromatic carbocycles. The van der Waals surface area contributed by atoms with Crippen LogP contribution in [0, 0.1) is 0 Å². The van der Waals surface area contributed by atoms with Gasteiger partial charge < -0.3 is 15.6 Å². The Labute approximate surface area is 99.6 Å². The average molecular weight is 242 g/mol. The van der Waals surface area contributed by atoms with Crippen molar-refractivity contribution in [1.29, 1.82) is 0 Å². The Morgan fingerprint density at radius 2 is 2.24 bits per heavy atom. The van der Waals surface area contributed by atoms with Gasteiger partial charge in [-0.15, -0.1) is 5.10 Å². The molecule has 17 heavy (non-hydrogen) atoms. The molecule has 0 aliphatic rings. The van der Waals surface area contributed by atoms with Crippen molar-refractivity contribution < 1.29 is 14.6 Å². The summed E-state index contributed by atoms with van der Waals surface area (Å²) in [4.78, 5) is 11.2. The summed E-state index contributed by atoms with van der Waals surface area (Å²) in [5, 5.41) is 17.3. The van der Waals surface area contributed by atoms with E-state index in [1.54, 1.807) is 21.0 Å². The molecule has 1 aromatic rings. The lowest BCUT2D eigenvalue weighted by molar-refractivity contribution is 0.0557. The van der Waals surface area contributed by atoms with Gasteiger partial charge in [-0.2, -0.15) is 0 Å². The molecule has 1 amide bonds. The number of carbonyl (C=O) groups is 1. The van der Waals surface area contributed by atoms with Gasteiger partial charge in [0.1, 0.15) is 0 Å². The van der Waals surface area contributed by atoms with Crippen LogP contribution in [0.25, 0.3) is 0 Å². The number of nitrogens with zero attached hydrogens (tertiary/aromatic N) is 3. The molecule has 0 bridgehead atoms. The number of hydrogen-bond acceptors (Lipinski definition) is 5. The Hall–Kier alpha value is -1.47. The Bertz CT molecular complexity index is 395. The summed E-state index contributed by atoms with van der Waals surface area (Å²) in [6.07, 6.45) is 0.470. The molecule has 0 aliphatic heterocycles. The second-order valence-corrected chi connectivity index (χ2v) is 4.46. The van der Waals surface area contributed by atoms with Crippen molar-refractivity contribution in [3.63, 3.8) is 0 Å². The van der Waals surface area contributed by atoms with Gasteiger partial charge in [0.2, 0.25) is 0 Å². The molecule has 0 unspecified atom stereocenters. The van der Waals surface area contributed by atoms with Crippen LogP contribution in [0.15, 0.2) is 0 Å². The van der Waals surface area contributed by atoms with E-state index in [0.717, 1.165) is 0 Å². The van der Waals surface area contributed by atoms with Crippen LogP contribution in [0.2, 0.25) is 0 Å². The summed E-state index contributed by atoms with van der Waals surface area (Å²) in [5.74, 6) is -0.627. The van der Waals surface area contributed by atoms with E-state index in [4.69, 9.17) is 10.5 Å². The van der Waals surface area contributed by atoms with Crippen LogP contribution in [0.1, 0.15) is 30.0 Å². The van der Waals surface area contributed by atoms with Gasteiger partial charge in [0.25, 0.3) is 5.91 Å². The van der Waals surface area contributed by atoms with E-state index in [2.05, 4.69) is 10.3 Å². The Balaban J connectivity index is 3.00. The second-order valence-electron chi connectivity index (χ2n) is 4.46. The number of hydrogen-bond donors (Lipinski definition) is 2. The van der Waals surface area contributed by atoms with Gasteiger partial charge in [0.05, 0.1) is 24.4 Å². The highest BCUT2D eigenvalue weighted by molar-refractivity contribution is 5.91. The fourth-order valence-corrected chi connectivity index (χ4v) is 1.46.